The van der Waals surface area contributed by atoms with Gasteiger partial charge < -0.3 is 10.2 Å². The summed E-state index contributed by atoms with van der Waals surface area (Å²) in [7, 11) is 0. The van der Waals surface area contributed by atoms with Crippen LogP contribution in [0.25, 0.3) is 0 Å². The molecule has 20 heavy (non-hydrogen) atoms. The Kier molecular flexibility index (Phi) is 4.99. The molecule has 0 aromatic carbocycles. The first-order valence-corrected chi connectivity index (χ1v) is 7.52. The summed E-state index contributed by atoms with van der Waals surface area (Å²) in [4.78, 5) is 18.4. The van der Waals surface area contributed by atoms with Crippen molar-refractivity contribution in [3.8, 4) is 0 Å². The molecule has 4 heteroatoms. The van der Waals surface area contributed by atoms with Crippen LogP contribution in [0.1, 0.15) is 37.9 Å². The number of rotatable bonds is 3. The summed E-state index contributed by atoms with van der Waals surface area (Å²) in [6.07, 6.45) is 4.93. The number of hydrogen-bond donors (Lipinski definition) is 1. The van der Waals surface area contributed by atoms with E-state index < -0.39 is 0 Å². The first-order chi connectivity index (χ1) is 9.56. The van der Waals surface area contributed by atoms with E-state index in [2.05, 4.69) is 30.2 Å². The number of amides is 2. The lowest BCUT2D eigenvalue weighted by molar-refractivity contribution is 0.140. The van der Waals surface area contributed by atoms with Gasteiger partial charge in [0.05, 0.1) is 0 Å². The molecule has 0 radical (unpaired) electrons. The van der Waals surface area contributed by atoms with E-state index in [0.717, 1.165) is 43.0 Å². The van der Waals surface area contributed by atoms with Crippen molar-refractivity contribution < 1.29 is 4.79 Å². The minimum atomic E-state index is 0.0736. The molecule has 0 saturated carbocycles. The van der Waals surface area contributed by atoms with Crippen LogP contribution in [0.15, 0.2) is 18.3 Å². The van der Waals surface area contributed by atoms with Crippen LogP contribution in [0.4, 0.5) is 4.79 Å². The highest BCUT2D eigenvalue weighted by Crippen LogP contribution is 2.21. The quantitative estimate of drug-likeness (QED) is 0.922. The van der Waals surface area contributed by atoms with E-state index in [0.29, 0.717) is 12.6 Å². The van der Waals surface area contributed by atoms with Crippen LogP contribution < -0.4 is 5.32 Å². The first kappa shape index (κ1) is 14.8. The summed E-state index contributed by atoms with van der Waals surface area (Å²) in [5, 5.41) is 3.02. The number of hydrogen-bond acceptors (Lipinski definition) is 2. The lowest BCUT2D eigenvalue weighted by atomic mass is 9.94. The molecule has 0 aliphatic carbocycles. The molecule has 1 aliphatic rings. The standard InChI is InChI=1S/C16H25N3O/c1-12-7-9-19(14(3)10-12)16(20)17-8-6-15-5-4-13(2)18-11-15/h4-5,11-12,14H,6-10H2,1-3H3,(H,17,20). The Hall–Kier alpha value is -1.58. The molecule has 1 N–H and O–H groups in total. The average Bonchev–Trinajstić information content (AvgIpc) is 2.41. The number of likely N-dealkylation sites (tertiary alicyclic amines) is 1. The van der Waals surface area contributed by atoms with E-state index >= 15 is 0 Å². The lowest BCUT2D eigenvalue weighted by Crippen LogP contribution is -2.49. The van der Waals surface area contributed by atoms with E-state index in [4.69, 9.17) is 0 Å². The second-order valence-corrected chi connectivity index (χ2v) is 5.96. The summed E-state index contributed by atoms with van der Waals surface area (Å²) in [6.45, 7) is 7.92. The maximum atomic E-state index is 12.2. The lowest BCUT2D eigenvalue weighted by Gasteiger charge is -2.36. The fraction of sp³-hybridized carbons (Fsp3) is 0.625. The fourth-order valence-corrected chi connectivity index (χ4v) is 2.77. The third-order valence-corrected chi connectivity index (χ3v) is 4.06. The van der Waals surface area contributed by atoms with Crippen LogP contribution in [0, 0.1) is 12.8 Å². The SMILES string of the molecule is Cc1ccc(CCNC(=O)N2CCC(C)CC2C)cn1. The van der Waals surface area contributed by atoms with Crippen molar-refractivity contribution in [2.75, 3.05) is 13.1 Å². The second kappa shape index (κ2) is 6.73. The van der Waals surface area contributed by atoms with Gasteiger partial charge in [0.25, 0.3) is 0 Å². The van der Waals surface area contributed by atoms with E-state index in [1.54, 1.807) is 0 Å². The number of carbonyl (C=O) groups excluding carboxylic acids is 1. The monoisotopic (exact) mass is 275 g/mol. The summed E-state index contributed by atoms with van der Waals surface area (Å²) >= 11 is 0. The molecular formula is C16H25N3O. The smallest absolute Gasteiger partial charge is 0.317 e. The minimum Gasteiger partial charge on any atom is -0.338 e. The third-order valence-electron chi connectivity index (χ3n) is 4.06. The van der Waals surface area contributed by atoms with Crippen LogP contribution in [-0.4, -0.2) is 35.0 Å². The van der Waals surface area contributed by atoms with Crippen molar-refractivity contribution in [3.63, 3.8) is 0 Å². The van der Waals surface area contributed by atoms with E-state index in [1.165, 1.54) is 0 Å². The Morgan fingerprint density at radius 2 is 2.25 bits per heavy atom. The number of pyridine rings is 1. The highest BCUT2D eigenvalue weighted by molar-refractivity contribution is 5.74. The van der Waals surface area contributed by atoms with Gasteiger partial charge in [0, 0.05) is 31.0 Å². The van der Waals surface area contributed by atoms with Gasteiger partial charge in [0.15, 0.2) is 0 Å². The van der Waals surface area contributed by atoms with Crippen molar-refractivity contribution in [2.24, 2.45) is 5.92 Å². The highest BCUT2D eigenvalue weighted by Gasteiger charge is 2.26. The van der Waals surface area contributed by atoms with Crippen LogP contribution in [0.5, 0.6) is 0 Å². The van der Waals surface area contributed by atoms with Crippen molar-refractivity contribution in [1.29, 1.82) is 0 Å². The normalized spacial score (nSPS) is 22.6. The first-order valence-electron chi connectivity index (χ1n) is 7.52. The zero-order chi connectivity index (χ0) is 14.5. The topological polar surface area (TPSA) is 45.2 Å². The number of carbonyl (C=O) groups is 1. The number of nitrogens with one attached hydrogen (secondary N) is 1. The van der Waals surface area contributed by atoms with Gasteiger partial charge in [0.1, 0.15) is 0 Å². The zero-order valence-corrected chi connectivity index (χ0v) is 12.7. The largest absolute Gasteiger partial charge is 0.338 e. The van der Waals surface area contributed by atoms with Gasteiger partial charge in [-0.15, -0.1) is 0 Å². The van der Waals surface area contributed by atoms with Gasteiger partial charge >= 0.3 is 6.03 Å². The number of piperidine rings is 1. The molecule has 110 valence electrons. The molecule has 2 atom stereocenters. The Morgan fingerprint density at radius 3 is 2.90 bits per heavy atom. The maximum absolute atomic E-state index is 12.2. The molecule has 0 spiro atoms. The summed E-state index contributed by atoms with van der Waals surface area (Å²) in [5.74, 6) is 0.729. The van der Waals surface area contributed by atoms with Gasteiger partial charge in [-0.05, 0) is 50.7 Å². The van der Waals surface area contributed by atoms with E-state index in [-0.39, 0.29) is 6.03 Å². The van der Waals surface area contributed by atoms with Crippen LogP contribution in [0.3, 0.4) is 0 Å². The maximum Gasteiger partial charge on any atom is 0.317 e. The number of aryl methyl sites for hydroxylation is 1. The van der Waals surface area contributed by atoms with Gasteiger partial charge in [0.2, 0.25) is 0 Å². The van der Waals surface area contributed by atoms with E-state index in [1.807, 2.05) is 24.1 Å². The zero-order valence-electron chi connectivity index (χ0n) is 12.7. The molecule has 4 nitrogen and oxygen atoms in total. The molecule has 2 amide bonds. The summed E-state index contributed by atoms with van der Waals surface area (Å²) < 4.78 is 0. The van der Waals surface area contributed by atoms with Crippen molar-refractivity contribution in [3.05, 3.63) is 29.6 Å². The Bertz CT molecular complexity index is 444. The molecule has 2 heterocycles. The molecule has 2 unspecified atom stereocenters. The molecule has 1 aliphatic heterocycles. The molecule has 1 fully saturated rings. The molecule has 1 saturated heterocycles. The second-order valence-electron chi connectivity index (χ2n) is 5.96. The third kappa shape index (κ3) is 3.95. The molecule has 1 aromatic heterocycles. The Morgan fingerprint density at radius 1 is 1.45 bits per heavy atom. The summed E-state index contributed by atoms with van der Waals surface area (Å²) in [5.41, 5.74) is 2.19. The van der Waals surface area contributed by atoms with Crippen LogP contribution >= 0.6 is 0 Å². The van der Waals surface area contributed by atoms with Gasteiger partial charge in [-0.2, -0.15) is 0 Å². The van der Waals surface area contributed by atoms with Crippen molar-refractivity contribution in [1.82, 2.24) is 15.2 Å². The van der Waals surface area contributed by atoms with Crippen molar-refractivity contribution in [2.45, 2.75) is 46.1 Å². The van der Waals surface area contributed by atoms with Gasteiger partial charge in [-0.3, -0.25) is 4.98 Å². The Labute approximate surface area is 121 Å². The molecule has 0 bridgehead atoms. The number of aromatic nitrogens is 1. The van der Waals surface area contributed by atoms with Gasteiger partial charge in [-0.1, -0.05) is 13.0 Å². The highest BCUT2D eigenvalue weighted by atomic mass is 16.2. The molecule has 1 aromatic rings. The van der Waals surface area contributed by atoms with Crippen LogP contribution in [0.2, 0.25) is 0 Å². The van der Waals surface area contributed by atoms with E-state index in [9.17, 15) is 4.79 Å². The predicted molar refractivity (Wildman–Crippen MR) is 80.6 cm³/mol. The summed E-state index contributed by atoms with van der Waals surface area (Å²) in [6, 6.07) is 4.49. The number of urea groups is 1. The molecular weight excluding hydrogens is 250 g/mol. The number of nitrogens with zero attached hydrogens (tertiary/aromatic N) is 2. The molecule has 2 rings (SSSR count). The average molecular weight is 275 g/mol. The van der Waals surface area contributed by atoms with Gasteiger partial charge in [-0.25, -0.2) is 4.79 Å². The van der Waals surface area contributed by atoms with Crippen molar-refractivity contribution >= 4 is 6.03 Å². The minimum absolute atomic E-state index is 0.0736. The van der Waals surface area contributed by atoms with Crippen LogP contribution in [-0.2, 0) is 6.42 Å². The fourth-order valence-electron chi connectivity index (χ4n) is 2.77. The Balaban J connectivity index is 1.76. The predicted octanol–water partition coefficient (Wildman–Crippen LogP) is 2.76.